The second-order valence-electron chi connectivity index (χ2n) is 7.88. The second kappa shape index (κ2) is 10.8. The predicted octanol–water partition coefficient (Wildman–Crippen LogP) is 6.17. The number of furan rings is 1. The molecule has 0 saturated heterocycles. The molecule has 184 valence electrons. The highest BCUT2D eigenvalue weighted by atomic mass is 35.5. The highest BCUT2D eigenvalue weighted by Gasteiger charge is 2.28. The molecule has 1 aliphatic carbocycles. The summed E-state index contributed by atoms with van der Waals surface area (Å²) < 4.78 is 10.9. The number of amides is 1. The maximum absolute atomic E-state index is 13.0. The summed E-state index contributed by atoms with van der Waals surface area (Å²) in [6.07, 6.45) is 4.72. The van der Waals surface area contributed by atoms with Crippen LogP contribution in [-0.4, -0.2) is 23.4 Å². The fourth-order valence-electron chi connectivity index (χ4n) is 3.97. The zero-order chi connectivity index (χ0) is 25.8. The number of fused-ring (bicyclic) bond motifs is 1. The summed E-state index contributed by atoms with van der Waals surface area (Å²) in [5.41, 5.74) is 0.942. The number of aryl methyl sites for hydroxylation is 1. The van der Waals surface area contributed by atoms with E-state index in [0.717, 1.165) is 36.1 Å². The average molecular weight is 526 g/mol. The van der Waals surface area contributed by atoms with Crippen LogP contribution in [0.2, 0.25) is 5.02 Å². The maximum Gasteiger partial charge on any atom is 0.341 e. The van der Waals surface area contributed by atoms with Crippen molar-refractivity contribution in [1.29, 1.82) is 5.26 Å². The lowest BCUT2D eigenvalue weighted by Crippen LogP contribution is -2.16. The van der Waals surface area contributed by atoms with Gasteiger partial charge in [0.2, 0.25) is 0 Å². The first-order valence-corrected chi connectivity index (χ1v) is 12.3. The predicted molar refractivity (Wildman–Crippen MR) is 135 cm³/mol. The molecular weight excluding hydrogens is 506 g/mol. The number of anilines is 1. The number of thiophene rings is 1. The summed E-state index contributed by atoms with van der Waals surface area (Å²) in [5, 5.41) is 24.3. The molecule has 1 aromatic carbocycles. The number of carbonyl (C=O) groups excluding carboxylic acids is 2. The van der Waals surface area contributed by atoms with Crippen molar-refractivity contribution in [2.75, 3.05) is 11.9 Å². The van der Waals surface area contributed by atoms with Crippen LogP contribution < -0.4 is 5.32 Å². The number of nitriles is 1. The molecule has 1 amide bonds. The third kappa shape index (κ3) is 5.17. The van der Waals surface area contributed by atoms with E-state index in [2.05, 4.69) is 5.32 Å². The molecule has 4 rings (SSSR count). The van der Waals surface area contributed by atoms with Crippen LogP contribution in [0.15, 0.2) is 40.3 Å². The maximum atomic E-state index is 13.0. The summed E-state index contributed by atoms with van der Waals surface area (Å²) in [6.45, 7) is 1.91. The van der Waals surface area contributed by atoms with Gasteiger partial charge in [0.25, 0.3) is 11.6 Å². The van der Waals surface area contributed by atoms with Crippen LogP contribution in [0.1, 0.15) is 46.3 Å². The standard InChI is InChI=1S/C25H20ClN3O6S/c1-2-34-25(31)22-18-5-3-4-6-21(18)36-24(22)28-23(30)14(13-27)11-16-8-10-20(35-16)17-9-7-15(26)12-19(17)29(32)33/h7-12H,2-6H2,1H3,(H,28,30)/b14-11+. The third-order valence-corrected chi connectivity index (χ3v) is 7.02. The molecule has 11 heteroatoms. The van der Waals surface area contributed by atoms with Crippen molar-refractivity contribution in [3.63, 3.8) is 0 Å². The van der Waals surface area contributed by atoms with E-state index in [4.69, 9.17) is 20.8 Å². The van der Waals surface area contributed by atoms with Gasteiger partial charge in [0.15, 0.2) is 0 Å². The van der Waals surface area contributed by atoms with Gasteiger partial charge in [-0.05, 0) is 62.4 Å². The molecule has 1 aliphatic rings. The van der Waals surface area contributed by atoms with E-state index in [1.54, 1.807) is 6.92 Å². The minimum Gasteiger partial charge on any atom is -0.462 e. The van der Waals surface area contributed by atoms with Crippen molar-refractivity contribution in [2.45, 2.75) is 32.6 Å². The zero-order valence-corrected chi connectivity index (χ0v) is 20.7. The minimum atomic E-state index is -0.711. The van der Waals surface area contributed by atoms with Crippen molar-refractivity contribution in [2.24, 2.45) is 0 Å². The molecule has 2 heterocycles. The van der Waals surface area contributed by atoms with Gasteiger partial charge in [0.05, 0.1) is 22.7 Å². The van der Waals surface area contributed by atoms with Crippen molar-refractivity contribution < 1.29 is 23.7 Å². The van der Waals surface area contributed by atoms with E-state index in [1.807, 2.05) is 6.07 Å². The Morgan fingerprint density at radius 1 is 1.31 bits per heavy atom. The Balaban J connectivity index is 1.62. The summed E-state index contributed by atoms with van der Waals surface area (Å²) in [5.74, 6) is -0.887. The lowest BCUT2D eigenvalue weighted by molar-refractivity contribution is -0.384. The first kappa shape index (κ1) is 25.2. The Labute approximate surface area is 215 Å². The lowest BCUT2D eigenvalue weighted by Gasteiger charge is -2.12. The van der Waals surface area contributed by atoms with Crippen molar-refractivity contribution >= 4 is 51.6 Å². The largest absolute Gasteiger partial charge is 0.462 e. The smallest absolute Gasteiger partial charge is 0.341 e. The van der Waals surface area contributed by atoms with Gasteiger partial charge in [-0.15, -0.1) is 11.3 Å². The van der Waals surface area contributed by atoms with Gasteiger partial charge < -0.3 is 14.5 Å². The van der Waals surface area contributed by atoms with Crippen LogP contribution in [-0.2, 0) is 22.4 Å². The number of rotatable bonds is 7. The Hall–Kier alpha value is -3.94. The zero-order valence-electron chi connectivity index (χ0n) is 19.1. The number of nitrogens with one attached hydrogen (secondary N) is 1. The SMILES string of the molecule is CCOC(=O)c1c(NC(=O)/C(C#N)=C/c2ccc(-c3ccc(Cl)cc3[N+](=O)[O-])o2)sc2c1CCCC2. The van der Waals surface area contributed by atoms with Crippen molar-refractivity contribution in [3.8, 4) is 17.4 Å². The topological polar surface area (TPSA) is 135 Å². The summed E-state index contributed by atoms with van der Waals surface area (Å²) >= 11 is 7.19. The van der Waals surface area contributed by atoms with E-state index in [0.29, 0.717) is 10.6 Å². The lowest BCUT2D eigenvalue weighted by atomic mass is 9.95. The van der Waals surface area contributed by atoms with Crippen molar-refractivity contribution in [3.05, 3.63) is 72.8 Å². The van der Waals surface area contributed by atoms with Crippen LogP contribution in [0.4, 0.5) is 10.7 Å². The van der Waals surface area contributed by atoms with Gasteiger partial charge in [0.1, 0.15) is 28.2 Å². The molecular formula is C25H20ClN3O6S. The van der Waals surface area contributed by atoms with Gasteiger partial charge in [-0.2, -0.15) is 5.26 Å². The summed E-state index contributed by atoms with van der Waals surface area (Å²) in [4.78, 5) is 37.4. The number of esters is 1. The minimum absolute atomic E-state index is 0.150. The molecule has 36 heavy (non-hydrogen) atoms. The van der Waals surface area contributed by atoms with E-state index < -0.39 is 16.8 Å². The molecule has 0 unspecified atom stereocenters. The van der Waals surface area contributed by atoms with E-state index >= 15 is 0 Å². The van der Waals surface area contributed by atoms with E-state index in [-0.39, 0.29) is 40.0 Å². The fourth-order valence-corrected chi connectivity index (χ4v) is 5.41. The molecule has 1 N–H and O–H groups in total. The number of hydrogen-bond acceptors (Lipinski definition) is 8. The molecule has 0 spiro atoms. The molecule has 0 atom stereocenters. The Morgan fingerprint density at radius 3 is 2.81 bits per heavy atom. The Morgan fingerprint density at radius 2 is 2.08 bits per heavy atom. The van der Waals surface area contributed by atoms with Gasteiger partial charge >= 0.3 is 5.97 Å². The molecule has 0 aliphatic heterocycles. The number of hydrogen-bond donors (Lipinski definition) is 1. The van der Waals surface area contributed by atoms with Crippen LogP contribution in [0.5, 0.6) is 0 Å². The third-order valence-electron chi connectivity index (χ3n) is 5.58. The highest BCUT2D eigenvalue weighted by molar-refractivity contribution is 7.17. The number of nitro groups is 1. The fraction of sp³-hybridized carbons (Fsp3) is 0.240. The van der Waals surface area contributed by atoms with E-state index in [9.17, 15) is 25.0 Å². The Bertz CT molecular complexity index is 1430. The number of nitrogens with zero attached hydrogens (tertiary/aromatic N) is 2. The molecule has 2 aromatic heterocycles. The number of nitro benzene ring substituents is 1. The molecule has 0 saturated carbocycles. The first-order valence-electron chi connectivity index (χ1n) is 11.1. The molecule has 3 aromatic rings. The molecule has 9 nitrogen and oxygen atoms in total. The molecule has 0 fully saturated rings. The number of halogens is 1. The van der Waals surface area contributed by atoms with Crippen LogP contribution in [0, 0.1) is 21.4 Å². The van der Waals surface area contributed by atoms with Crippen LogP contribution >= 0.6 is 22.9 Å². The summed E-state index contributed by atoms with van der Waals surface area (Å²) in [6, 6.07) is 9.01. The van der Waals surface area contributed by atoms with E-state index in [1.165, 1.54) is 47.7 Å². The first-order chi connectivity index (χ1) is 17.3. The molecule has 0 radical (unpaired) electrons. The number of ether oxygens (including phenoxy) is 1. The van der Waals surface area contributed by atoms with Crippen LogP contribution in [0.25, 0.3) is 17.4 Å². The van der Waals surface area contributed by atoms with Gasteiger partial charge in [-0.3, -0.25) is 14.9 Å². The monoisotopic (exact) mass is 525 g/mol. The summed E-state index contributed by atoms with van der Waals surface area (Å²) in [7, 11) is 0. The Kier molecular flexibility index (Phi) is 7.52. The van der Waals surface area contributed by atoms with Crippen molar-refractivity contribution in [1.82, 2.24) is 0 Å². The number of benzene rings is 1. The van der Waals surface area contributed by atoms with Gasteiger partial charge in [-0.25, -0.2) is 4.79 Å². The number of carbonyl (C=O) groups is 2. The second-order valence-corrected chi connectivity index (χ2v) is 9.42. The normalized spacial score (nSPS) is 13.0. The molecule has 0 bridgehead atoms. The van der Waals surface area contributed by atoms with Gasteiger partial charge in [0, 0.05) is 22.0 Å². The average Bonchev–Trinajstić information content (AvgIpc) is 3.46. The highest BCUT2D eigenvalue weighted by Crippen LogP contribution is 2.39. The van der Waals surface area contributed by atoms with Crippen LogP contribution in [0.3, 0.4) is 0 Å². The quantitative estimate of drug-likeness (QED) is 0.128. The van der Waals surface area contributed by atoms with Gasteiger partial charge in [-0.1, -0.05) is 11.6 Å².